The number of Topliss-reactive ketones (excluding diaryl/α,β-unsaturated/α-hetero) is 1. The summed E-state index contributed by atoms with van der Waals surface area (Å²) >= 11 is 7.11. The Morgan fingerprint density at radius 1 is 1.04 bits per heavy atom. The number of anilines is 2. The molecule has 0 atom stereocenters. The standard InChI is InChI=1S/C19H16ClN3O3S/c1-11(24)21-14-6-7-15-17(10-14)27-19(22-15)23-18(26)9-8-16(25)12-2-4-13(20)5-3-12/h2-7,10H,8-9H2,1H3,(H,21,24)(H,22,23,26). The number of carbonyl (C=O) groups excluding carboxylic acids is 3. The number of amides is 2. The Labute approximate surface area is 164 Å². The Morgan fingerprint density at radius 3 is 2.48 bits per heavy atom. The van der Waals surface area contributed by atoms with Gasteiger partial charge >= 0.3 is 0 Å². The van der Waals surface area contributed by atoms with Crippen molar-refractivity contribution in [2.75, 3.05) is 10.6 Å². The first-order chi connectivity index (χ1) is 12.9. The van der Waals surface area contributed by atoms with Crippen LogP contribution in [0.5, 0.6) is 0 Å². The van der Waals surface area contributed by atoms with Gasteiger partial charge in [0.1, 0.15) is 0 Å². The summed E-state index contributed by atoms with van der Waals surface area (Å²) < 4.78 is 0.841. The number of benzene rings is 2. The molecule has 8 heteroatoms. The molecular weight excluding hydrogens is 386 g/mol. The van der Waals surface area contributed by atoms with Crippen molar-refractivity contribution < 1.29 is 14.4 Å². The van der Waals surface area contributed by atoms with Gasteiger partial charge in [0.25, 0.3) is 0 Å². The van der Waals surface area contributed by atoms with E-state index >= 15 is 0 Å². The van der Waals surface area contributed by atoms with Crippen molar-refractivity contribution >= 4 is 61.6 Å². The van der Waals surface area contributed by atoms with Crippen molar-refractivity contribution in [3.05, 3.63) is 53.1 Å². The fourth-order valence-corrected chi connectivity index (χ4v) is 3.50. The predicted molar refractivity (Wildman–Crippen MR) is 108 cm³/mol. The lowest BCUT2D eigenvalue weighted by molar-refractivity contribution is -0.116. The van der Waals surface area contributed by atoms with Crippen LogP contribution in [-0.2, 0) is 9.59 Å². The molecule has 138 valence electrons. The summed E-state index contributed by atoms with van der Waals surface area (Å²) in [6.45, 7) is 1.44. The predicted octanol–water partition coefficient (Wildman–Crippen LogP) is 4.51. The second-order valence-electron chi connectivity index (χ2n) is 5.86. The van der Waals surface area contributed by atoms with Crippen LogP contribution in [0.1, 0.15) is 30.1 Å². The van der Waals surface area contributed by atoms with Gasteiger partial charge in [-0.2, -0.15) is 0 Å². The molecule has 0 saturated carbocycles. The summed E-state index contributed by atoms with van der Waals surface area (Å²) in [5.41, 5.74) is 1.92. The molecule has 6 nitrogen and oxygen atoms in total. The van der Waals surface area contributed by atoms with Crippen LogP contribution in [0.25, 0.3) is 10.2 Å². The molecule has 0 saturated heterocycles. The number of carbonyl (C=O) groups is 3. The highest BCUT2D eigenvalue weighted by Crippen LogP contribution is 2.28. The van der Waals surface area contributed by atoms with E-state index in [2.05, 4.69) is 15.6 Å². The number of halogens is 1. The molecule has 2 aromatic carbocycles. The minimum atomic E-state index is -0.279. The van der Waals surface area contributed by atoms with E-state index in [1.54, 1.807) is 42.5 Å². The maximum absolute atomic E-state index is 12.1. The van der Waals surface area contributed by atoms with E-state index in [0.717, 1.165) is 10.2 Å². The van der Waals surface area contributed by atoms with Crippen molar-refractivity contribution in [2.24, 2.45) is 0 Å². The topological polar surface area (TPSA) is 88.2 Å². The Balaban J connectivity index is 1.59. The quantitative estimate of drug-likeness (QED) is 0.595. The van der Waals surface area contributed by atoms with Gasteiger partial charge in [0.15, 0.2) is 10.9 Å². The average molecular weight is 402 g/mol. The van der Waals surface area contributed by atoms with Gasteiger partial charge in [-0.3, -0.25) is 14.4 Å². The van der Waals surface area contributed by atoms with Gasteiger partial charge in [-0.1, -0.05) is 22.9 Å². The molecule has 0 radical (unpaired) electrons. The van der Waals surface area contributed by atoms with Crippen LogP contribution in [0.3, 0.4) is 0 Å². The minimum absolute atomic E-state index is 0.0640. The van der Waals surface area contributed by atoms with Crippen LogP contribution >= 0.6 is 22.9 Å². The number of aromatic nitrogens is 1. The van der Waals surface area contributed by atoms with Crippen molar-refractivity contribution in [3.8, 4) is 0 Å². The van der Waals surface area contributed by atoms with E-state index in [-0.39, 0.29) is 30.4 Å². The normalized spacial score (nSPS) is 10.6. The molecule has 3 aromatic rings. The van der Waals surface area contributed by atoms with E-state index in [1.807, 2.05) is 0 Å². The number of nitrogens with zero attached hydrogens (tertiary/aromatic N) is 1. The van der Waals surface area contributed by atoms with Crippen molar-refractivity contribution in [1.29, 1.82) is 0 Å². The molecule has 0 aliphatic heterocycles. The largest absolute Gasteiger partial charge is 0.326 e. The minimum Gasteiger partial charge on any atom is -0.326 e. The molecule has 1 heterocycles. The highest BCUT2D eigenvalue weighted by Gasteiger charge is 2.12. The second kappa shape index (κ2) is 8.28. The summed E-state index contributed by atoms with van der Waals surface area (Å²) in [6.07, 6.45) is 0.166. The molecule has 0 aliphatic rings. The van der Waals surface area contributed by atoms with Crippen LogP contribution in [0.15, 0.2) is 42.5 Å². The first kappa shape index (κ1) is 19.0. The van der Waals surface area contributed by atoms with Crippen LogP contribution in [0, 0.1) is 0 Å². The summed E-state index contributed by atoms with van der Waals surface area (Å²) in [4.78, 5) is 39.7. The van der Waals surface area contributed by atoms with E-state index in [0.29, 0.717) is 21.4 Å². The van der Waals surface area contributed by atoms with Crippen LogP contribution < -0.4 is 10.6 Å². The van der Waals surface area contributed by atoms with E-state index in [9.17, 15) is 14.4 Å². The fourth-order valence-electron chi connectivity index (χ4n) is 2.45. The Bertz CT molecular complexity index is 1010. The van der Waals surface area contributed by atoms with Gasteiger partial charge in [-0.05, 0) is 42.5 Å². The molecular formula is C19H16ClN3O3S. The molecule has 2 N–H and O–H groups in total. The molecule has 3 rings (SSSR count). The van der Waals surface area contributed by atoms with Gasteiger partial charge in [0.2, 0.25) is 11.8 Å². The lowest BCUT2D eigenvalue weighted by Gasteiger charge is -2.02. The first-order valence-electron chi connectivity index (χ1n) is 8.17. The number of rotatable bonds is 6. The highest BCUT2D eigenvalue weighted by atomic mass is 35.5. The summed E-state index contributed by atoms with van der Waals surface area (Å²) in [6, 6.07) is 11.9. The third-order valence-electron chi connectivity index (χ3n) is 3.70. The third kappa shape index (κ3) is 5.12. The van der Waals surface area contributed by atoms with Crippen molar-refractivity contribution in [3.63, 3.8) is 0 Å². The lowest BCUT2D eigenvalue weighted by Crippen LogP contribution is -2.13. The number of hydrogen-bond acceptors (Lipinski definition) is 5. The smallest absolute Gasteiger partial charge is 0.226 e. The molecule has 27 heavy (non-hydrogen) atoms. The Hall–Kier alpha value is -2.77. The van der Waals surface area contributed by atoms with Gasteiger partial charge in [0.05, 0.1) is 10.2 Å². The van der Waals surface area contributed by atoms with E-state index < -0.39 is 0 Å². The maximum atomic E-state index is 12.1. The highest BCUT2D eigenvalue weighted by molar-refractivity contribution is 7.22. The van der Waals surface area contributed by atoms with Gasteiger partial charge in [0, 0.05) is 36.0 Å². The Morgan fingerprint density at radius 2 is 1.78 bits per heavy atom. The van der Waals surface area contributed by atoms with Gasteiger partial charge in [-0.25, -0.2) is 4.98 Å². The summed E-state index contributed by atoms with van der Waals surface area (Å²) in [5.74, 6) is -0.553. The van der Waals surface area contributed by atoms with E-state index in [4.69, 9.17) is 11.6 Å². The number of hydrogen-bond donors (Lipinski definition) is 2. The number of ketones is 1. The van der Waals surface area contributed by atoms with Gasteiger partial charge < -0.3 is 10.6 Å². The monoisotopic (exact) mass is 401 g/mol. The van der Waals surface area contributed by atoms with Crippen LogP contribution in [-0.4, -0.2) is 22.6 Å². The molecule has 0 aliphatic carbocycles. The SMILES string of the molecule is CC(=O)Nc1ccc2nc(NC(=O)CCC(=O)c3ccc(Cl)cc3)sc2c1. The average Bonchev–Trinajstić information content (AvgIpc) is 3.01. The summed E-state index contributed by atoms with van der Waals surface area (Å²) in [7, 11) is 0. The Kier molecular flexibility index (Phi) is 5.83. The molecule has 0 fully saturated rings. The summed E-state index contributed by atoms with van der Waals surface area (Å²) in [5, 5.41) is 6.43. The van der Waals surface area contributed by atoms with Crippen LogP contribution in [0.4, 0.5) is 10.8 Å². The maximum Gasteiger partial charge on any atom is 0.226 e. The first-order valence-corrected chi connectivity index (χ1v) is 9.37. The number of thiazole rings is 1. The number of fused-ring (bicyclic) bond motifs is 1. The number of nitrogens with one attached hydrogen (secondary N) is 2. The van der Waals surface area contributed by atoms with Crippen molar-refractivity contribution in [1.82, 2.24) is 4.98 Å². The molecule has 0 unspecified atom stereocenters. The molecule has 1 aromatic heterocycles. The molecule has 2 amide bonds. The molecule has 0 spiro atoms. The second-order valence-corrected chi connectivity index (χ2v) is 7.33. The zero-order valence-corrected chi connectivity index (χ0v) is 16.0. The zero-order chi connectivity index (χ0) is 19.4. The lowest BCUT2D eigenvalue weighted by atomic mass is 10.1. The fraction of sp³-hybridized carbons (Fsp3) is 0.158. The van der Waals surface area contributed by atoms with Crippen LogP contribution in [0.2, 0.25) is 5.02 Å². The van der Waals surface area contributed by atoms with Gasteiger partial charge in [-0.15, -0.1) is 0 Å². The third-order valence-corrected chi connectivity index (χ3v) is 4.89. The molecule has 0 bridgehead atoms. The van der Waals surface area contributed by atoms with Crippen molar-refractivity contribution in [2.45, 2.75) is 19.8 Å². The zero-order valence-electron chi connectivity index (χ0n) is 14.4. The van der Waals surface area contributed by atoms with E-state index in [1.165, 1.54) is 18.3 Å².